The van der Waals surface area contributed by atoms with Crippen LogP contribution < -0.4 is 0 Å². The van der Waals surface area contributed by atoms with Crippen molar-refractivity contribution in [3.05, 3.63) is 0 Å². The maximum Gasteiger partial charge on any atom is 0.493 e. The minimum absolute atomic E-state index is 0. The molecule has 0 aromatic carbocycles. The minimum Gasteiger partial charge on any atom is -0.420 e. The summed E-state index contributed by atoms with van der Waals surface area (Å²) in [5.41, 5.74) is 0. The second kappa shape index (κ2) is 24.7. The van der Waals surface area contributed by atoms with Gasteiger partial charge in [-0.15, -0.1) is 0 Å². The standard InChI is InChI=1S/C43H76O13Si5.2CH4O.2CH4/c1-44-59(45-2,21-16-31-6-11-36-41(26-31)49-36)55-60(46-3,22-17-32-7-12-37-42(27-32)50-37)56-61(23-18-33-8-13-38-43(28-33)51-38)53-57(19-14-29-4-9-34-39(24-29)47-34)52-58(54-61)20-15-30-5-10-35-40(25-30)48-35;2*1-2;;/h29-43,57-58H,4-28H2,1-3H3;2*2H,1H3;2*1H4. The Morgan fingerprint density at radius 1 is 0.448 bits per heavy atom. The van der Waals surface area contributed by atoms with Crippen molar-refractivity contribution in [3.63, 3.8) is 0 Å². The molecular weight excluding hydrogens is 945 g/mol. The van der Waals surface area contributed by atoms with E-state index >= 15 is 0 Å². The molecule has 2 N–H and O–H groups in total. The molecule has 6 heterocycles. The molecule has 20 heteroatoms. The first-order valence-corrected chi connectivity index (χ1v) is 35.3. The molecule has 0 aromatic rings. The molecule has 0 amide bonds. The molecule has 5 saturated carbocycles. The fraction of sp³-hybridized carbons (Fsp3) is 1.00. The number of fused-ring (bicyclic) bond motifs is 5. The average molecular weight is 1040 g/mol. The zero-order chi connectivity index (χ0) is 45.2. The number of aliphatic hydroxyl groups is 2. The summed E-state index contributed by atoms with van der Waals surface area (Å²) in [6, 6.07) is 4.16. The van der Waals surface area contributed by atoms with Gasteiger partial charge in [-0.3, -0.25) is 0 Å². The van der Waals surface area contributed by atoms with Crippen LogP contribution in [0.25, 0.3) is 0 Å². The number of epoxide rings is 5. The van der Waals surface area contributed by atoms with Crippen molar-refractivity contribution in [1.82, 2.24) is 0 Å². The first-order chi connectivity index (χ1) is 31.8. The van der Waals surface area contributed by atoms with Gasteiger partial charge in [0.15, 0.2) is 0 Å². The van der Waals surface area contributed by atoms with Gasteiger partial charge in [0.2, 0.25) is 0 Å². The Hall–Kier alpha value is 0.484. The van der Waals surface area contributed by atoms with Crippen LogP contribution in [0, 0.1) is 29.6 Å². The van der Waals surface area contributed by atoms with Crippen LogP contribution in [0.4, 0.5) is 0 Å². The van der Waals surface area contributed by atoms with Gasteiger partial charge in [0, 0.05) is 53.7 Å². The summed E-state index contributed by atoms with van der Waals surface area (Å²) in [7, 11) is -7.27. The fourth-order valence-corrected chi connectivity index (χ4v) is 35.8. The van der Waals surface area contributed by atoms with Crippen molar-refractivity contribution in [2.45, 2.75) is 235 Å². The summed E-state index contributed by atoms with van der Waals surface area (Å²) in [4.78, 5) is 0. The third-order valence-electron chi connectivity index (χ3n) is 17.2. The monoisotopic (exact) mass is 1040 g/mol. The van der Waals surface area contributed by atoms with E-state index in [0.29, 0.717) is 96.7 Å². The molecule has 18 unspecified atom stereocenters. The molecule has 0 aromatic heterocycles. The van der Waals surface area contributed by atoms with Crippen molar-refractivity contribution in [1.29, 1.82) is 0 Å². The molecule has 390 valence electrons. The molecule has 15 nitrogen and oxygen atoms in total. The summed E-state index contributed by atoms with van der Waals surface area (Å²) in [6.07, 6.45) is 27.4. The van der Waals surface area contributed by atoms with Crippen LogP contribution in [-0.4, -0.2) is 152 Å². The van der Waals surface area contributed by atoms with E-state index in [1.807, 2.05) is 7.11 Å². The maximum atomic E-state index is 7.87. The Kier molecular flexibility index (Phi) is 20.3. The smallest absolute Gasteiger partial charge is 0.420 e. The van der Waals surface area contributed by atoms with Gasteiger partial charge in [0.1, 0.15) is 0 Å². The van der Waals surface area contributed by atoms with Crippen LogP contribution in [0.5, 0.6) is 0 Å². The second-order valence-corrected chi connectivity index (χ2v) is 35.6. The van der Waals surface area contributed by atoms with Gasteiger partial charge in [0.05, 0.1) is 61.0 Å². The minimum atomic E-state index is -3.57. The summed E-state index contributed by atoms with van der Waals surface area (Å²) in [5, 5.41) is 14.0. The topological polar surface area (TPSA) is 177 Å². The lowest BCUT2D eigenvalue weighted by Crippen LogP contribution is -2.68. The summed E-state index contributed by atoms with van der Waals surface area (Å²) >= 11 is 0. The largest absolute Gasteiger partial charge is 0.493 e. The highest BCUT2D eigenvalue weighted by molar-refractivity contribution is 6.86. The lowest BCUT2D eigenvalue weighted by molar-refractivity contribution is 0.0758. The maximum absolute atomic E-state index is 7.87. The van der Waals surface area contributed by atoms with Crippen molar-refractivity contribution < 1.29 is 67.8 Å². The normalized spacial score (nSPS) is 43.7. The van der Waals surface area contributed by atoms with Crippen molar-refractivity contribution in [3.8, 4) is 0 Å². The van der Waals surface area contributed by atoms with E-state index < -0.39 is 45.0 Å². The average Bonchev–Trinajstić information content (AvgIpc) is 4.12. The van der Waals surface area contributed by atoms with E-state index in [-0.39, 0.29) is 14.9 Å². The highest BCUT2D eigenvalue weighted by Gasteiger charge is 2.62. The molecule has 6 aliphatic heterocycles. The van der Waals surface area contributed by atoms with Crippen LogP contribution >= 0.6 is 0 Å². The quantitative estimate of drug-likeness (QED) is 0.0802. The molecule has 0 spiro atoms. The van der Waals surface area contributed by atoms with Crippen LogP contribution in [0.2, 0.25) is 30.2 Å². The summed E-state index contributed by atoms with van der Waals surface area (Å²) < 4.78 is 87.3. The first kappa shape index (κ1) is 55.2. The van der Waals surface area contributed by atoms with E-state index in [0.717, 1.165) is 109 Å². The highest BCUT2D eigenvalue weighted by Crippen LogP contribution is 2.48. The Morgan fingerprint density at radius 3 is 1.12 bits per heavy atom. The summed E-state index contributed by atoms with van der Waals surface area (Å²) in [5.74, 6) is 3.02. The second-order valence-electron chi connectivity index (χ2n) is 21.3. The number of rotatable bonds is 22. The molecule has 0 bridgehead atoms. The van der Waals surface area contributed by atoms with E-state index in [1.165, 1.54) is 57.8 Å². The predicted molar refractivity (Wildman–Crippen MR) is 265 cm³/mol. The molecule has 5 aliphatic carbocycles. The van der Waals surface area contributed by atoms with Gasteiger partial charge in [-0.25, -0.2) is 0 Å². The van der Waals surface area contributed by atoms with E-state index in [9.17, 15) is 0 Å². The molecule has 11 fully saturated rings. The molecule has 6 saturated heterocycles. The zero-order valence-electron chi connectivity index (χ0n) is 40.2. The fourth-order valence-electron chi connectivity index (χ4n) is 13.0. The SMILES string of the molecule is C.C.CO.CO.CO[Si](CCC1CCC2OC2C1)(OC)O[Si](CCC1CCC2OC2C1)(OC)O[Si]1(CCC2CCC3OC3C2)O[SiH](CCC2CCC3OC3C2)O[SiH](CCC2CCC3OC3C2)O1. The number of hydrogen-bond acceptors (Lipinski definition) is 15. The molecule has 11 rings (SSSR count). The lowest BCUT2D eigenvalue weighted by Gasteiger charge is -2.47. The molecule has 0 radical (unpaired) electrons. The molecule has 11 aliphatic rings. The number of aliphatic hydroxyl groups excluding tert-OH is 2. The third-order valence-corrected chi connectivity index (χ3v) is 35.8. The predicted octanol–water partition coefficient (Wildman–Crippen LogP) is 7.56. The molecule has 67 heavy (non-hydrogen) atoms. The Morgan fingerprint density at radius 2 is 0.776 bits per heavy atom. The van der Waals surface area contributed by atoms with Crippen LogP contribution in [0.15, 0.2) is 0 Å². The van der Waals surface area contributed by atoms with Crippen LogP contribution in [0.3, 0.4) is 0 Å². The molecular formula is C47H92O15Si5. The Balaban J connectivity index is 0.00000108. The highest BCUT2D eigenvalue weighted by atomic mass is 28.5. The number of hydrogen-bond donors (Lipinski definition) is 2. The van der Waals surface area contributed by atoms with Gasteiger partial charge >= 0.3 is 45.0 Å². The Labute approximate surface area is 410 Å². The zero-order valence-corrected chi connectivity index (χ0v) is 45.5. The third kappa shape index (κ3) is 14.4. The van der Waals surface area contributed by atoms with Gasteiger partial charge in [-0.05, 0) is 170 Å². The van der Waals surface area contributed by atoms with Gasteiger partial charge in [-0.1, -0.05) is 14.9 Å². The lowest BCUT2D eigenvalue weighted by atomic mass is 9.88. The van der Waals surface area contributed by atoms with Gasteiger partial charge in [-0.2, -0.15) is 0 Å². The van der Waals surface area contributed by atoms with Crippen molar-refractivity contribution in [2.24, 2.45) is 29.6 Å². The van der Waals surface area contributed by atoms with Gasteiger partial charge in [0.25, 0.3) is 0 Å². The van der Waals surface area contributed by atoms with Crippen LogP contribution in [0.1, 0.15) is 143 Å². The summed E-state index contributed by atoms with van der Waals surface area (Å²) in [6.45, 7) is 0. The van der Waals surface area contributed by atoms with Gasteiger partial charge < -0.3 is 67.8 Å². The van der Waals surface area contributed by atoms with Crippen molar-refractivity contribution in [2.75, 3.05) is 35.5 Å². The van der Waals surface area contributed by atoms with E-state index in [1.54, 1.807) is 14.2 Å². The van der Waals surface area contributed by atoms with Crippen LogP contribution in [-0.2, 0) is 57.5 Å². The Bertz CT molecular complexity index is 1470. The van der Waals surface area contributed by atoms with E-state index in [4.69, 9.17) is 67.8 Å². The van der Waals surface area contributed by atoms with Crippen molar-refractivity contribution >= 4 is 45.0 Å². The molecule has 18 atom stereocenters. The van der Waals surface area contributed by atoms with E-state index in [2.05, 4.69) is 0 Å². The first-order valence-electron chi connectivity index (χ1n) is 26.0. The number of ether oxygens (including phenoxy) is 5.